The fourth-order valence-corrected chi connectivity index (χ4v) is 3.44. The second-order valence-electron chi connectivity index (χ2n) is 6.67. The van der Waals surface area contributed by atoms with E-state index >= 15 is 0 Å². The van der Waals surface area contributed by atoms with Crippen molar-refractivity contribution in [2.24, 2.45) is 0 Å². The summed E-state index contributed by atoms with van der Waals surface area (Å²) in [6, 6.07) is 16.4. The third-order valence-corrected chi connectivity index (χ3v) is 4.87. The second kappa shape index (κ2) is 9.01. The van der Waals surface area contributed by atoms with E-state index in [9.17, 15) is 0 Å². The Kier molecular flexibility index (Phi) is 6.47. The van der Waals surface area contributed by atoms with Gasteiger partial charge in [-0.2, -0.15) is 0 Å². The van der Waals surface area contributed by atoms with E-state index in [1.165, 1.54) is 11.1 Å². The lowest BCUT2D eigenvalue weighted by Gasteiger charge is -2.28. The molecule has 1 unspecified atom stereocenters. The summed E-state index contributed by atoms with van der Waals surface area (Å²) in [4.78, 5) is 2.19. The molecule has 0 spiro atoms. The predicted molar refractivity (Wildman–Crippen MR) is 110 cm³/mol. The zero-order valence-electron chi connectivity index (χ0n) is 15.4. The Morgan fingerprint density at radius 1 is 1.27 bits per heavy atom. The summed E-state index contributed by atoms with van der Waals surface area (Å²) in [7, 11) is 1.67. The maximum absolute atomic E-state index is 5.83. The Balaban J connectivity index is 1.73. The van der Waals surface area contributed by atoms with Crippen LogP contribution in [0.3, 0.4) is 0 Å². The van der Waals surface area contributed by atoms with Gasteiger partial charge in [0.15, 0.2) is 5.11 Å². The van der Waals surface area contributed by atoms with Gasteiger partial charge in [0.05, 0.1) is 13.2 Å². The first kappa shape index (κ1) is 18.7. The van der Waals surface area contributed by atoms with Gasteiger partial charge in [0.1, 0.15) is 5.75 Å². The molecule has 1 aliphatic heterocycles. The molecule has 0 amide bonds. The lowest BCUT2D eigenvalue weighted by Crippen LogP contribution is -2.39. The van der Waals surface area contributed by atoms with Gasteiger partial charge in [-0.05, 0) is 49.7 Å². The van der Waals surface area contributed by atoms with Gasteiger partial charge in [-0.3, -0.25) is 0 Å². The van der Waals surface area contributed by atoms with Gasteiger partial charge in [0, 0.05) is 31.5 Å². The quantitative estimate of drug-likeness (QED) is 0.763. The highest BCUT2D eigenvalue weighted by atomic mass is 32.1. The molecular weight excluding hydrogens is 344 g/mol. The van der Waals surface area contributed by atoms with Crippen molar-refractivity contribution in [2.75, 3.05) is 25.6 Å². The number of nitrogens with one attached hydrogen (secondary N) is 1. The minimum atomic E-state index is 0.241. The van der Waals surface area contributed by atoms with Gasteiger partial charge in [-0.1, -0.05) is 35.9 Å². The zero-order chi connectivity index (χ0) is 18.4. The molecule has 0 radical (unpaired) electrons. The van der Waals surface area contributed by atoms with Crippen LogP contribution in [-0.2, 0) is 11.3 Å². The highest BCUT2D eigenvalue weighted by Crippen LogP contribution is 2.20. The number of anilines is 1. The number of nitrogens with zero attached hydrogens (tertiary/aromatic N) is 1. The van der Waals surface area contributed by atoms with Crippen molar-refractivity contribution < 1.29 is 9.47 Å². The van der Waals surface area contributed by atoms with E-state index in [0.29, 0.717) is 5.11 Å². The van der Waals surface area contributed by atoms with Crippen molar-refractivity contribution in [3.05, 3.63) is 59.7 Å². The Bertz CT molecular complexity index is 744. The molecule has 4 nitrogen and oxygen atoms in total. The largest absolute Gasteiger partial charge is 0.497 e. The van der Waals surface area contributed by atoms with Crippen LogP contribution in [0.5, 0.6) is 5.75 Å². The number of benzene rings is 2. The smallest absolute Gasteiger partial charge is 0.173 e. The van der Waals surface area contributed by atoms with Crippen molar-refractivity contribution in [1.82, 2.24) is 4.90 Å². The van der Waals surface area contributed by atoms with Crippen LogP contribution in [0.15, 0.2) is 48.5 Å². The zero-order valence-corrected chi connectivity index (χ0v) is 16.2. The maximum Gasteiger partial charge on any atom is 0.173 e. The molecule has 0 saturated carbocycles. The van der Waals surface area contributed by atoms with E-state index < -0.39 is 0 Å². The van der Waals surface area contributed by atoms with E-state index in [1.54, 1.807) is 7.11 Å². The van der Waals surface area contributed by atoms with Crippen molar-refractivity contribution in [2.45, 2.75) is 32.4 Å². The molecule has 3 rings (SSSR count). The molecule has 138 valence electrons. The van der Waals surface area contributed by atoms with Crippen molar-refractivity contribution in [1.29, 1.82) is 0 Å². The van der Waals surface area contributed by atoms with E-state index in [1.807, 2.05) is 24.3 Å². The molecule has 1 heterocycles. The van der Waals surface area contributed by atoms with Gasteiger partial charge in [-0.25, -0.2) is 0 Å². The number of methoxy groups -OCH3 is 1. The molecule has 0 bridgehead atoms. The molecule has 1 N–H and O–H groups in total. The first-order chi connectivity index (χ1) is 12.6. The van der Waals surface area contributed by atoms with Crippen LogP contribution in [-0.4, -0.2) is 36.4 Å². The molecule has 0 aliphatic carbocycles. The van der Waals surface area contributed by atoms with E-state index in [2.05, 4.69) is 41.4 Å². The monoisotopic (exact) mass is 370 g/mol. The summed E-state index contributed by atoms with van der Waals surface area (Å²) in [6.07, 6.45) is 2.45. The average molecular weight is 371 g/mol. The molecule has 2 aromatic rings. The fraction of sp³-hybridized carbons (Fsp3) is 0.381. The number of hydrogen-bond acceptors (Lipinski definition) is 3. The van der Waals surface area contributed by atoms with Gasteiger partial charge < -0.3 is 19.7 Å². The Labute approximate surface area is 161 Å². The first-order valence-corrected chi connectivity index (χ1v) is 9.42. The number of rotatable bonds is 6. The van der Waals surface area contributed by atoms with Crippen LogP contribution in [0.4, 0.5) is 5.69 Å². The topological polar surface area (TPSA) is 33.7 Å². The van der Waals surface area contributed by atoms with Crippen LogP contribution in [0.2, 0.25) is 0 Å². The molecule has 2 aromatic carbocycles. The van der Waals surface area contributed by atoms with Gasteiger partial charge in [0.2, 0.25) is 0 Å². The molecule has 1 atom stereocenters. The normalized spacial score (nSPS) is 16.3. The predicted octanol–water partition coefficient (Wildman–Crippen LogP) is 4.38. The van der Waals surface area contributed by atoms with Gasteiger partial charge >= 0.3 is 0 Å². The molecule has 26 heavy (non-hydrogen) atoms. The van der Waals surface area contributed by atoms with Crippen molar-refractivity contribution in [3.8, 4) is 5.75 Å². The Morgan fingerprint density at radius 2 is 2.12 bits per heavy atom. The van der Waals surface area contributed by atoms with E-state index in [4.69, 9.17) is 21.7 Å². The van der Waals surface area contributed by atoms with E-state index in [-0.39, 0.29) is 6.10 Å². The van der Waals surface area contributed by atoms with Crippen molar-refractivity contribution >= 4 is 23.0 Å². The van der Waals surface area contributed by atoms with Crippen LogP contribution in [0.25, 0.3) is 0 Å². The standard InChI is InChI=1S/C21H26N2O2S/c1-16-6-3-7-17(12-16)14-23(15-20-10-5-11-25-20)21(26)22-18-8-4-9-19(13-18)24-2/h3-4,6-9,12-13,20H,5,10-11,14-15H2,1-2H3,(H,22,26). The number of thiocarbonyl (C=S) groups is 1. The molecule has 5 heteroatoms. The second-order valence-corrected chi connectivity index (χ2v) is 7.05. The summed E-state index contributed by atoms with van der Waals surface area (Å²) in [5, 5.41) is 4.05. The Hall–Kier alpha value is -2.11. The molecule has 1 aliphatic rings. The Morgan fingerprint density at radius 3 is 2.85 bits per heavy atom. The maximum atomic E-state index is 5.83. The summed E-state index contributed by atoms with van der Waals surface area (Å²) < 4.78 is 11.1. The van der Waals surface area contributed by atoms with Crippen LogP contribution >= 0.6 is 12.2 Å². The van der Waals surface area contributed by atoms with Crippen LogP contribution in [0, 0.1) is 6.92 Å². The van der Waals surface area contributed by atoms with Gasteiger partial charge in [0.25, 0.3) is 0 Å². The fourth-order valence-electron chi connectivity index (χ4n) is 3.19. The van der Waals surface area contributed by atoms with Crippen molar-refractivity contribution in [3.63, 3.8) is 0 Å². The minimum absolute atomic E-state index is 0.241. The van der Waals surface area contributed by atoms with Gasteiger partial charge in [-0.15, -0.1) is 0 Å². The first-order valence-electron chi connectivity index (χ1n) is 9.01. The highest BCUT2D eigenvalue weighted by molar-refractivity contribution is 7.80. The number of ether oxygens (including phenoxy) is 2. The SMILES string of the molecule is COc1cccc(NC(=S)N(Cc2cccc(C)c2)CC2CCCO2)c1. The molecule has 0 aromatic heterocycles. The number of hydrogen-bond donors (Lipinski definition) is 1. The lowest BCUT2D eigenvalue weighted by molar-refractivity contribution is 0.0905. The lowest BCUT2D eigenvalue weighted by atomic mass is 10.1. The van der Waals surface area contributed by atoms with E-state index in [0.717, 1.165) is 44.0 Å². The summed E-state index contributed by atoms with van der Waals surface area (Å²) >= 11 is 5.72. The minimum Gasteiger partial charge on any atom is -0.497 e. The summed E-state index contributed by atoms with van der Waals surface area (Å²) in [5.74, 6) is 0.808. The third kappa shape index (κ3) is 5.19. The summed E-state index contributed by atoms with van der Waals surface area (Å²) in [6.45, 7) is 4.51. The molecular formula is C21H26N2O2S. The van der Waals surface area contributed by atoms with Crippen LogP contribution in [0.1, 0.15) is 24.0 Å². The van der Waals surface area contributed by atoms with Crippen LogP contribution < -0.4 is 10.1 Å². The average Bonchev–Trinajstić information content (AvgIpc) is 3.14. The number of aryl methyl sites for hydroxylation is 1. The third-order valence-electron chi connectivity index (χ3n) is 4.51. The summed E-state index contributed by atoms with van der Waals surface area (Å²) in [5.41, 5.74) is 3.43. The molecule has 1 fully saturated rings. The molecule has 1 saturated heterocycles. The highest BCUT2D eigenvalue weighted by Gasteiger charge is 2.21.